The van der Waals surface area contributed by atoms with Gasteiger partial charge in [-0.2, -0.15) is 52.7 Å². The topological polar surface area (TPSA) is 181 Å². The molecule has 5 N–H and O–H groups in total. The highest BCUT2D eigenvalue weighted by atomic mass is 19.4. The molecule has 1 amide bonds. The molecule has 0 aromatic heterocycles. The van der Waals surface area contributed by atoms with E-state index in [2.05, 4.69) is 5.32 Å². The number of hydrogen-bond acceptors (Lipinski definition) is 10. The van der Waals surface area contributed by atoms with Crippen molar-refractivity contribution in [3.05, 3.63) is 171 Å². The molecule has 0 aliphatic heterocycles. The number of carbonyl (C=O) groups excluding carboxylic acids is 3. The number of alkyl halides is 12. The van der Waals surface area contributed by atoms with Gasteiger partial charge in [-0.1, -0.05) is 50.2 Å². The zero-order chi connectivity index (χ0) is 56.6. The summed E-state index contributed by atoms with van der Waals surface area (Å²) < 4.78 is 185. The van der Waals surface area contributed by atoms with E-state index in [9.17, 15) is 87.2 Å². The molecule has 0 unspecified atom stereocenters. The van der Waals surface area contributed by atoms with Crippen molar-refractivity contribution < 1.29 is 101 Å². The van der Waals surface area contributed by atoms with Crippen molar-refractivity contribution in [2.45, 2.75) is 68.5 Å². The largest absolute Gasteiger partial charge is 0.478 e. The lowest BCUT2D eigenvalue weighted by molar-refractivity contribution is -0.376. The summed E-state index contributed by atoms with van der Waals surface area (Å²) in [5.41, 5.74) is -18.6. The molecular formula is C52H40F12N2O10. The number of ketones is 1. The summed E-state index contributed by atoms with van der Waals surface area (Å²) in [6.07, 6.45) is -27.0. The first-order valence-electron chi connectivity index (χ1n) is 21.8. The van der Waals surface area contributed by atoms with Gasteiger partial charge in [0, 0.05) is 35.0 Å². The van der Waals surface area contributed by atoms with Crippen molar-refractivity contribution in [1.82, 2.24) is 0 Å². The fraction of sp³-hybridized carbons (Fsp3) is 0.231. The van der Waals surface area contributed by atoms with Gasteiger partial charge in [-0.05, 0) is 121 Å². The van der Waals surface area contributed by atoms with Gasteiger partial charge in [0.25, 0.3) is 23.6 Å². The number of aromatic carboxylic acids is 1. The molecule has 6 aromatic carbocycles. The predicted molar refractivity (Wildman–Crippen MR) is 247 cm³/mol. The zero-order valence-electron chi connectivity index (χ0n) is 39.6. The number of aliphatic hydroxyl groups is 2. The van der Waals surface area contributed by atoms with E-state index >= 15 is 0 Å². The maximum absolute atomic E-state index is 14.3. The third kappa shape index (κ3) is 11.6. The Morgan fingerprint density at radius 1 is 0.526 bits per heavy atom. The maximum atomic E-state index is 14.3. The number of carboxylic acid groups (broad SMARTS) is 1. The minimum atomic E-state index is -6.55. The summed E-state index contributed by atoms with van der Waals surface area (Å²) in [6, 6.07) is 22.6. The molecule has 12 nitrogen and oxygen atoms in total. The number of amides is 1. The summed E-state index contributed by atoms with van der Waals surface area (Å²) >= 11 is 0. The molecule has 6 rings (SSSR count). The van der Waals surface area contributed by atoms with Gasteiger partial charge in [-0.3, -0.25) is 14.4 Å². The number of nitrogens with one attached hydrogen (secondary N) is 2. The fourth-order valence-corrected chi connectivity index (χ4v) is 7.91. The highest BCUT2D eigenvalue weighted by Crippen LogP contribution is 2.52. The normalized spacial score (nSPS) is 12.7. The van der Waals surface area contributed by atoms with Gasteiger partial charge in [-0.15, -0.1) is 0 Å². The number of carbonyl (C=O) groups is 4. The Morgan fingerprint density at radius 3 is 1.34 bits per heavy atom. The van der Waals surface area contributed by atoms with Gasteiger partial charge in [0.15, 0.2) is 5.78 Å². The first kappa shape index (κ1) is 57.2. The van der Waals surface area contributed by atoms with Crippen LogP contribution in [0.2, 0.25) is 0 Å². The summed E-state index contributed by atoms with van der Waals surface area (Å²) in [6.45, 7) is 5.29. The fourth-order valence-electron chi connectivity index (χ4n) is 7.91. The van der Waals surface area contributed by atoms with Crippen molar-refractivity contribution in [3.8, 4) is 28.7 Å². The summed E-state index contributed by atoms with van der Waals surface area (Å²) in [5.74, 6) is -2.94. The number of benzene rings is 6. The van der Waals surface area contributed by atoms with E-state index in [1.54, 1.807) is 36.4 Å². The second-order valence-corrected chi connectivity index (χ2v) is 17.4. The van der Waals surface area contributed by atoms with Gasteiger partial charge in [0.1, 0.15) is 28.7 Å². The highest BCUT2D eigenvalue weighted by Gasteiger charge is 2.72. The molecule has 0 radical (unpaired) electrons. The summed E-state index contributed by atoms with van der Waals surface area (Å²) in [4.78, 5) is 49.1. The number of Topliss-reactive ketones (excluding diaryl/α,β-unsaturated/α-hetero) is 1. The molecule has 0 saturated heterocycles. The van der Waals surface area contributed by atoms with Crippen molar-refractivity contribution in [2.75, 3.05) is 17.7 Å². The van der Waals surface area contributed by atoms with Crippen LogP contribution in [-0.2, 0) is 27.8 Å². The summed E-state index contributed by atoms with van der Waals surface area (Å²) in [7, 11) is 1.03. The monoisotopic (exact) mass is 1080 g/mol. The van der Waals surface area contributed by atoms with Gasteiger partial charge in [0.2, 0.25) is 0 Å². The number of ether oxygens (including phenoxy) is 3. The standard InChI is InChI=1S/C52H40F12N2O10/c1-27(68)41-24-39(14-16-43(41)74-26-67)76-37-11-7-31(8-12-37)46(2,3)30-5-9-36(10-6-30)75-38-13-15-40(45(70)71)42(25-38)44(69)66-35-21-29(19-33(23-35)48(73,51(59,60)61)52(62,63)64)17-28-18-32(22-34(20-28)65-4)47(72,49(53,54)55)50(56,57)58/h5-16,18-26,65,72-73H,17H2,1-4H3,(H,66,69)(H,70,71). The van der Waals surface area contributed by atoms with E-state index in [1.807, 2.05) is 19.2 Å². The SMILES string of the molecule is CNc1cc(Cc2cc(NC(=O)c3cc(Oc4ccc(C(C)(C)c5ccc(Oc6ccc(OC=O)c(C(C)=O)c6)cc5)cc4)ccc3C(=O)O)cc(C(O)(C(F)(F)F)C(F)(F)F)c2)cc(C(O)(C(F)(F)F)C(F)(F)F)c1. The lowest BCUT2D eigenvalue weighted by Crippen LogP contribution is -2.54. The van der Waals surface area contributed by atoms with E-state index in [0.717, 1.165) is 42.4 Å². The van der Waals surface area contributed by atoms with E-state index < -0.39 is 104 Å². The molecule has 0 spiro atoms. The number of carboxylic acids is 1. The molecule has 0 aliphatic carbocycles. The molecule has 0 aliphatic rings. The Bertz CT molecular complexity index is 3140. The van der Waals surface area contributed by atoms with E-state index in [1.165, 1.54) is 37.3 Å². The second kappa shape index (κ2) is 20.9. The van der Waals surface area contributed by atoms with Crippen molar-refractivity contribution in [1.29, 1.82) is 0 Å². The summed E-state index contributed by atoms with van der Waals surface area (Å²) in [5, 5.41) is 34.6. The molecule has 76 heavy (non-hydrogen) atoms. The highest BCUT2D eigenvalue weighted by molar-refractivity contribution is 6.11. The molecule has 0 heterocycles. The van der Waals surface area contributed by atoms with Crippen LogP contribution in [0.1, 0.15) is 85.2 Å². The predicted octanol–water partition coefficient (Wildman–Crippen LogP) is 12.5. The molecule has 24 heteroatoms. The molecule has 0 atom stereocenters. The van der Waals surface area contributed by atoms with Crippen molar-refractivity contribution in [2.24, 2.45) is 0 Å². The molecule has 0 saturated carbocycles. The van der Waals surface area contributed by atoms with Crippen molar-refractivity contribution >= 4 is 35.5 Å². The van der Waals surface area contributed by atoms with Gasteiger partial charge in [0.05, 0.1) is 16.7 Å². The van der Waals surface area contributed by atoms with E-state index in [-0.39, 0.29) is 59.3 Å². The van der Waals surface area contributed by atoms with Gasteiger partial charge >= 0.3 is 30.7 Å². The van der Waals surface area contributed by atoms with Crippen LogP contribution in [0.4, 0.5) is 64.1 Å². The average Bonchev–Trinajstić information content (AvgIpc) is 3.32. The lowest BCUT2D eigenvalue weighted by Gasteiger charge is -2.33. The number of hydrogen-bond donors (Lipinski definition) is 5. The maximum Gasteiger partial charge on any atom is 0.430 e. The minimum absolute atomic E-state index is 0.0241. The van der Waals surface area contributed by atoms with Crippen LogP contribution in [0.5, 0.6) is 28.7 Å². The smallest absolute Gasteiger partial charge is 0.430 e. The van der Waals surface area contributed by atoms with Crippen LogP contribution in [0, 0.1) is 0 Å². The first-order valence-corrected chi connectivity index (χ1v) is 21.8. The first-order chi connectivity index (χ1) is 35.1. The Balaban J connectivity index is 1.30. The van der Waals surface area contributed by atoms with Crippen molar-refractivity contribution in [3.63, 3.8) is 0 Å². The third-order valence-electron chi connectivity index (χ3n) is 12.0. The Labute approximate surface area is 422 Å². The quantitative estimate of drug-likeness (QED) is 0.0333. The molecule has 402 valence electrons. The minimum Gasteiger partial charge on any atom is -0.478 e. The van der Waals surface area contributed by atoms with Crippen LogP contribution in [0.25, 0.3) is 0 Å². The molecule has 0 fully saturated rings. The molecule has 0 bridgehead atoms. The van der Waals surface area contributed by atoms with Crippen LogP contribution >= 0.6 is 0 Å². The van der Waals surface area contributed by atoms with E-state index in [0.29, 0.717) is 17.6 Å². The van der Waals surface area contributed by atoms with E-state index in [4.69, 9.17) is 14.2 Å². The van der Waals surface area contributed by atoms with Gasteiger partial charge in [-0.25, -0.2) is 4.79 Å². The van der Waals surface area contributed by atoms with Gasteiger partial charge < -0.3 is 40.2 Å². The van der Waals surface area contributed by atoms with Crippen LogP contribution in [-0.4, -0.2) is 71.2 Å². The zero-order valence-corrected chi connectivity index (χ0v) is 39.6. The molecular weight excluding hydrogens is 1040 g/mol. The Morgan fingerprint density at radius 2 is 0.934 bits per heavy atom. The average molecular weight is 1080 g/mol. The van der Waals surface area contributed by atoms with Crippen LogP contribution in [0.15, 0.2) is 121 Å². The molecule has 6 aromatic rings. The number of anilines is 2. The lowest BCUT2D eigenvalue weighted by atomic mass is 9.78. The number of halogens is 12. The number of rotatable bonds is 17. The second-order valence-electron chi connectivity index (χ2n) is 17.4. The third-order valence-corrected chi connectivity index (χ3v) is 12.0. The Kier molecular flexibility index (Phi) is 15.7. The van der Waals surface area contributed by atoms with Crippen LogP contribution < -0.4 is 24.8 Å². The Hall–Kier alpha value is -8.12. The van der Waals surface area contributed by atoms with Crippen LogP contribution in [0.3, 0.4) is 0 Å².